The number of pyridine rings is 1. The number of carbonyl (C=O) groups is 6. The quantitative estimate of drug-likeness (QED) is 0.0432. The summed E-state index contributed by atoms with van der Waals surface area (Å²) in [6.07, 6.45) is -19.3. The molecule has 0 bridgehead atoms. The topological polar surface area (TPSA) is 322 Å². The highest BCUT2D eigenvalue weighted by atomic mass is 19.4. The number of hydrogen-bond acceptors (Lipinski definition) is 20. The van der Waals surface area contributed by atoms with Crippen LogP contribution in [0.4, 0.5) is 96.1 Å². The van der Waals surface area contributed by atoms with Gasteiger partial charge in [0.15, 0.2) is 28.8 Å². The van der Waals surface area contributed by atoms with Crippen LogP contribution in [0.5, 0.6) is 17.2 Å². The molecule has 752 valence electrons. The molecule has 140 heavy (non-hydrogen) atoms. The van der Waals surface area contributed by atoms with Crippen molar-refractivity contribution in [1.82, 2.24) is 38.8 Å². The van der Waals surface area contributed by atoms with Gasteiger partial charge in [-0.15, -0.1) is 0 Å². The number of halogens is 18. The van der Waals surface area contributed by atoms with Crippen molar-refractivity contribution >= 4 is 52.1 Å². The first-order valence-electron chi connectivity index (χ1n) is 43.4. The molecule has 0 unspecified atom stereocenters. The predicted molar refractivity (Wildman–Crippen MR) is 470 cm³/mol. The van der Waals surface area contributed by atoms with Crippen molar-refractivity contribution in [3.8, 4) is 50.6 Å². The zero-order valence-electron chi connectivity index (χ0n) is 76.9. The number of aromatic nitrogens is 5. The molecule has 46 heteroatoms. The molecule has 8 heterocycles. The highest BCUT2D eigenvalue weighted by Gasteiger charge is 2.49. The number of hydrogen-bond donors (Lipinski definition) is 4. The molecule has 4 N–H and O–H groups in total. The Balaban J connectivity index is 0.000000188. The minimum atomic E-state index is -4.87. The lowest BCUT2D eigenvalue weighted by molar-refractivity contribution is -0.167. The lowest BCUT2D eigenvalue weighted by Crippen LogP contribution is -2.53. The second-order valence-electron chi connectivity index (χ2n) is 33.9. The van der Waals surface area contributed by atoms with Crippen LogP contribution in [0.3, 0.4) is 0 Å². The van der Waals surface area contributed by atoms with Crippen LogP contribution in [0, 0.1) is 55.7 Å². The Labute approximate surface area is 784 Å². The summed E-state index contributed by atoms with van der Waals surface area (Å²) in [7, 11) is 7.11. The first-order chi connectivity index (χ1) is 65.6. The van der Waals surface area contributed by atoms with Crippen LogP contribution >= 0.6 is 0 Å². The van der Waals surface area contributed by atoms with E-state index in [1.165, 1.54) is 70.2 Å². The van der Waals surface area contributed by atoms with E-state index in [4.69, 9.17) is 28.4 Å². The van der Waals surface area contributed by atoms with Gasteiger partial charge in [-0.2, -0.15) is 52.7 Å². The normalized spacial score (nSPS) is 16.2. The third kappa shape index (κ3) is 22.0. The highest BCUT2D eigenvalue weighted by Crippen LogP contribution is 2.47. The van der Waals surface area contributed by atoms with Gasteiger partial charge in [0.1, 0.15) is 88.7 Å². The summed E-state index contributed by atoms with van der Waals surface area (Å²) < 4.78 is 292. The molecule has 14 rings (SSSR count). The molecule has 2 fully saturated rings. The van der Waals surface area contributed by atoms with E-state index in [-0.39, 0.29) is 113 Å². The zero-order chi connectivity index (χ0) is 103. The molecule has 6 atom stereocenters. The van der Waals surface area contributed by atoms with Crippen LogP contribution in [-0.2, 0) is 109 Å². The van der Waals surface area contributed by atoms with E-state index in [1.54, 1.807) is 45.2 Å². The van der Waals surface area contributed by atoms with Crippen molar-refractivity contribution < 1.29 is 136 Å². The van der Waals surface area contributed by atoms with Gasteiger partial charge in [0, 0.05) is 118 Å². The number of benzene rings is 6. The lowest BCUT2D eigenvalue weighted by atomic mass is 9.88. The van der Waals surface area contributed by atoms with E-state index in [0.29, 0.717) is 111 Å². The van der Waals surface area contributed by atoms with E-state index in [9.17, 15) is 114 Å². The zero-order valence-corrected chi connectivity index (χ0v) is 76.9. The van der Waals surface area contributed by atoms with Crippen molar-refractivity contribution in [2.24, 2.45) is 35.2 Å². The largest absolute Gasteiger partial charge is 0.493 e. The van der Waals surface area contributed by atoms with Crippen LogP contribution in [0.15, 0.2) is 103 Å². The van der Waals surface area contributed by atoms with Gasteiger partial charge in [0.2, 0.25) is 0 Å². The number of fused-ring (bicyclic) bond motifs is 3. The van der Waals surface area contributed by atoms with Gasteiger partial charge in [-0.3, -0.25) is 52.3 Å². The van der Waals surface area contributed by atoms with Gasteiger partial charge in [0.05, 0.1) is 86.6 Å². The van der Waals surface area contributed by atoms with Crippen molar-refractivity contribution in [3.63, 3.8) is 0 Å². The number of ketones is 3. The average molecular weight is 1990 g/mol. The summed E-state index contributed by atoms with van der Waals surface area (Å²) >= 11 is 0. The maximum absolute atomic E-state index is 15.2. The number of anilines is 3. The Hall–Kier alpha value is -13.5. The number of alkyl halides is 12. The number of Topliss-reactive ketones (excluding diaryl/α,β-unsaturated/α-hetero) is 3. The first kappa shape index (κ1) is 105. The first-order valence-corrected chi connectivity index (χ1v) is 43.4. The van der Waals surface area contributed by atoms with Crippen LogP contribution in [0.1, 0.15) is 128 Å². The minimum Gasteiger partial charge on any atom is -0.493 e. The number of aryl methyl sites for hydroxylation is 1. The fourth-order valence-electron chi connectivity index (χ4n) is 17.0. The molecular formula is C94H93F18N11O17. The fraction of sp³-hybridized carbons (Fsp3) is 0.415. The standard InChI is InChI=1S/C32H31F8N3O4.C31H31F5N4O7.C31H31F5N4O6/c1-5-25(32(38,39)40)41-18-13-22(33)27(23(34)14-18)29(45)42-24(16(3)44)12-17-8-9-20(28-19(17)7-6-10-47-28)26-21(31(35,36)37)11-15(2)43(4)30(26)46;1-15-24(29(43)39(4)30(44)38(15)3)19-6-5-17(26-27(19)47-10-9-46-26)11-22(16(2)41)37-28(42)25-20(32)12-18(13-21(25)33)40-7-8-45-14-23(40)31(34,35)36;1-15-26(29(43)39(4)30(44)38(15)3)19-6-5-17(20-12-46-13-21(19)20)9-24(16(2)41)37-28(42)27-22(32)10-18(11-23(27)33)40-7-8-45-14-25(40)31(34,35)36/h8-9,11,13-14,24-25,41H,5-7,10,12H2,1-4H3,(H,42,45);5-6,12-13,22-23H,7-11,14H2,1-4H3,(H,37,42);5-6,10-11,24-25H,7-9,12-14H2,1-4H3,(H,37,42)/t24-,25+;22-,23+;24-,25+/m000/s1. The smallest absolute Gasteiger partial charge is 0.417 e. The third-order valence-corrected chi connectivity index (χ3v) is 24.9. The predicted octanol–water partition coefficient (Wildman–Crippen LogP) is 12.5. The molecule has 0 aliphatic carbocycles. The number of ether oxygens (including phenoxy) is 6. The van der Waals surface area contributed by atoms with Crippen LogP contribution in [0.25, 0.3) is 33.4 Å². The van der Waals surface area contributed by atoms with Crippen molar-refractivity contribution in [2.75, 3.05) is 74.5 Å². The number of rotatable bonds is 23. The summed E-state index contributed by atoms with van der Waals surface area (Å²) in [6.45, 7) is 7.77. The van der Waals surface area contributed by atoms with Crippen molar-refractivity contribution in [2.45, 2.75) is 161 Å². The van der Waals surface area contributed by atoms with Crippen molar-refractivity contribution in [3.05, 3.63) is 239 Å². The van der Waals surface area contributed by atoms with E-state index >= 15 is 17.6 Å². The molecule has 28 nitrogen and oxygen atoms in total. The lowest BCUT2D eigenvalue weighted by Gasteiger charge is -2.38. The number of amides is 3. The van der Waals surface area contributed by atoms with Gasteiger partial charge < -0.3 is 73.2 Å². The SMILES string of the molecule is CC(=O)[C@H](Cc1ccc(-c2c(C)n(C)c(=O)n(C)c2=O)c2c1COC2)NC(=O)c1c(F)cc(N2CCOC[C@@H]2C(F)(F)F)cc1F.CC(=O)[C@H](Cc1ccc(-c2c(C)n(C)c(=O)n(C)c2=O)c2c1OCCO2)NC(=O)c1c(F)cc(N2CCOC[C@@H]2C(F)(F)F)cc1F.CC[C@@H](Nc1cc(F)c(C(=O)N[C@@H](Cc2ccc(-c3c(C(F)(F)F)cc(C)n(C)c3=O)c3c2CCCO3)C(C)=O)c(F)c1)C(F)(F)F. The van der Waals surface area contributed by atoms with Crippen molar-refractivity contribution in [1.29, 1.82) is 0 Å². The highest BCUT2D eigenvalue weighted by molar-refractivity contribution is 6.00. The van der Waals surface area contributed by atoms with E-state index < -0.39 is 224 Å². The molecule has 9 aromatic rings. The van der Waals surface area contributed by atoms with Crippen LogP contribution in [0.2, 0.25) is 0 Å². The summed E-state index contributed by atoms with van der Waals surface area (Å²) in [5.74, 6) is -13.8. The summed E-state index contributed by atoms with van der Waals surface area (Å²) in [6, 6.07) is 3.29. The van der Waals surface area contributed by atoms with Crippen LogP contribution in [-0.4, -0.2) is 172 Å². The van der Waals surface area contributed by atoms with E-state index in [1.807, 2.05) is 5.32 Å². The molecule has 2 saturated heterocycles. The molecular weight excluding hydrogens is 1900 g/mol. The number of morpholine rings is 2. The molecule has 5 aliphatic heterocycles. The summed E-state index contributed by atoms with van der Waals surface area (Å²) in [4.78, 5) is 143. The van der Waals surface area contributed by atoms with Gasteiger partial charge in [-0.1, -0.05) is 37.3 Å². The summed E-state index contributed by atoms with van der Waals surface area (Å²) in [5, 5.41) is 8.92. The molecule has 5 aliphatic rings. The molecule has 0 spiro atoms. The second-order valence-corrected chi connectivity index (χ2v) is 33.9. The van der Waals surface area contributed by atoms with Gasteiger partial charge in [-0.05, 0) is 143 Å². The Morgan fingerprint density at radius 2 is 0.807 bits per heavy atom. The molecule has 0 radical (unpaired) electrons. The fourth-order valence-corrected chi connectivity index (χ4v) is 17.0. The molecule has 3 amide bonds. The van der Waals surface area contributed by atoms with E-state index in [2.05, 4.69) is 16.0 Å². The molecule has 3 aromatic heterocycles. The Morgan fingerprint density at radius 3 is 1.23 bits per heavy atom. The Morgan fingerprint density at radius 1 is 0.429 bits per heavy atom. The van der Waals surface area contributed by atoms with Gasteiger partial charge >= 0.3 is 36.1 Å². The van der Waals surface area contributed by atoms with E-state index in [0.717, 1.165) is 43.4 Å². The minimum absolute atomic E-state index is 0.0123. The molecule has 0 saturated carbocycles. The number of nitrogens with zero attached hydrogens (tertiary/aromatic N) is 7. The van der Waals surface area contributed by atoms with Crippen LogP contribution < -0.4 is 73.3 Å². The Bertz CT molecular complexity index is 6670. The second kappa shape index (κ2) is 41.9. The Kier molecular flexibility index (Phi) is 31.5. The maximum Gasteiger partial charge on any atom is 0.417 e. The van der Waals surface area contributed by atoms with Gasteiger partial charge in [0.25, 0.3) is 34.4 Å². The average Bonchev–Trinajstić information content (AvgIpc) is 1.16. The molecule has 6 aromatic carbocycles. The van der Waals surface area contributed by atoms with Gasteiger partial charge in [-0.25, -0.2) is 35.9 Å². The number of carbonyl (C=O) groups excluding carboxylic acids is 6. The number of nitrogens with one attached hydrogen (secondary N) is 4. The summed E-state index contributed by atoms with van der Waals surface area (Å²) in [5.41, 5.74) is -4.12. The third-order valence-electron chi connectivity index (χ3n) is 24.9. The maximum atomic E-state index is 15.2. The monoisotopic (exact) mass is 1990 g/mol.